The third kappa shape index (κ3) is 3.01. The molecule has 0 radical (unpaired) electrons. The van der Waals surface area contributed by atoms with Gasteiger partial charge in [0.2, 0.25) is 0 Å². The Labute approximate surface area is 77.9 Å². The molecule has 68 valence electrons. The first-order chi connectivity index (χ1) is 6.09. The molecule has 0 heterocycles. The van der Waals surface area contributed by atoms with Crippen LogP contribution in [0.4, 0.5) is 5.69 Å². The number of hydrogen-bond donors (Lipinski definition) is 2. The van der Waals surface area contributed by atoms with Gasteiger partial charge in [0, 0.05) is 5.71 Å². The Morgan fingerprint density at radius 1 is 1.31 bits per heavy atom. The molecule has 0 atom stereocenters. The van der Waals surface area contributed by atoms with Gasteiger partial charge in [-0.15, -0.1) is 0 Å². The number of hydrogen-bond acceptors (Lipinski definition) is 3. The van der Waals surface area contributed by atoms with Crippen molar-refractivity contribution in [3.05, 3.63) is 24.3 Å². The molecule has 0 unspecified atom stereocenters. The molecule has 1 aromatic carbocycles. The van der Waals surface area contributed by atoms with Crippen LogP contribution < -0.4 is 5.46 Å². The molecule has 0 aliphatic carbocycles. The molecule has 0 aliphatic heterocycles. The van der Waals surface area contributed by atoms with E-state index in [2.05, 4.69) is 4.99 Å². The summed E-state index contributed by atoms with van der Waals surface area (Å²) in [5.74, 6) is 0. The summed E-state index contributed by atoms with van der Waals surface area (Å²) < 4.78 is 0. The zero-order chi connectivity index (χ0) is 9.84. The van der Waals surface area contributed by atoms with Crippen LogP contribution in [0.25, 0.3) is 0 Å². The van der Waals surface area contributed by atoms with Gasteiger partial charge in [-0.3, -0.25) is 4.99 Å². The number of aliphatic imine (C=N–C) groups is 1. The summed E-state index contributed by atoms with van der Waals surface area (Å²) in [5, 5.41) is 17.8. The van der Waals surface area contributed by atoms with Crippen molar-refractivity contribution >= 4 is 24.0 Å². The first kappa shape index (κ1) is 9.96. The van der Waals surface area contributed by atoms with E-state index in [1.54, 1.807) is 18.2 Å². The van der Waals surface area contributed by atoms with E-state index < -0.39 is 7.12 Å². The molecule has 4 heteroatoms. The van der Waals surface area contributed by atoms with Crippen LogP contribution in [-0.2, 0) is 0 Å². The summed E-state index contributed by atoms with van der Waals surface area (Å²) in [7, 11) is -1.42. The normalized spacial score (nSPS) is 9.54. The minimum absolute atomic E-state index is 0.461. The number of nitrogens with zero attached hydrogens (tertiary/aromatic N) is 1. The monoisotopic (exact) mass is 177 g/mol. The zero-order valence-electron chi connectivity index (χ0n) is 7.73. The van der Waals surface area contributed by atoms with E-state index in [1.165, 1.54) is 0 Å². The minimum atomic E-state index is -1.42. The van der Waals surface area contributed by atoms with Crippen LogP contribution in [0.3, 0.4) is 0 Å². The average molecular weight is 177 g/mol. The number of benzene rings is 1. The largest absolute Gasteiger partial charge is 0.488 e. The van der Waals surface area contributed by atoms with E-state index in [0.717, 1.165) is 11.4 Å². The second kappa shape index (κ2) is 4.21. The molecule has 3 nitrogen and oxygen atoms in total. The minimum Gasteiger partial charge on any atom is -0.423 e. The van der Waals surface area contributed by atoms with Crippen LogP contribution >= 0.6 is 0 Å². The summed E-state index contributed by atoms with van der Waals surface area (Å²) >= 11 is 0. The molecule has 1 rings (SSSR count). The number of rotatable bonds is 2. The van der Waals surface area contributed by atoms with Crippen LogP contribution in [-0.4, -0.2) is 22.9 Å². The highest BCUT2D eigenvalue weighted by Crippen LogP contribution is 2.08. The van der Waals surface area contributed by atoms with Gasteiger partial charge in [0.25, 0.3) is 0 Å². The molecular formula is C9H12BNO2. The molecule has 0 aromatic heterocycles. The molecule has 0 bridgehead atoms. The van der Waals surface area contributed by atoms with Crippen LogP contribution in [0, 0.1) is 0 Å². The SMILES string of the molecule is CC(C)=Nc1cccc(B(O)O)c1. The highest BCUT2D eigenvalue weighted by molar-refractivity contribution is 6.58. The van der Waals surface area contributed by atoms with Crippen LogP contribution in [0.1, 0.15) is 13.8 Å². The van der Waals surface area contributed by atoms with E-state index in [0.29, 0.717) is 5.46 Å². The van der Waals surface area contributed by atoms with Crippen LogP contribution in [0.2, 0.25) is 0 Å². The second-order valence-corrected chi connectivity index (χ2v) is 3.03. The third-order valence-corrected chi connectivity index (χ3v) is 1.52. The van der Waals surface area contributed by atoms with Gasteiger partial charge in [0.05, 0.1) is 5.69 Å². The van der Waals surface area contributed by atoms with E-state index in [1.807, 2.05) is 19.9 Å². The Balaban J connectivity index is 2.99. The fraction of sp³-hybridized carbons (Fsp3) is 0.222. The topological polar surface area (TPSA) is 52.8 Å². The van der Waals surface area contributed by atoms with Crippen LogP contribution in [0.5, 0.6) is 0 Å². The Hall–Kier alpha value is -1.13. The van der Waals surface area contributed by atoms with Crippen molar-refractivity contribution in [3.8, 4) is 0 Å². The second-order valence-electron chi connectivity index (χ2n) is 3.03. The van der Waals surface area contributed by atoms with E-state index in [9.17, 15) is 0 Å². The fourth-order valence-electron chi connectivity index (χ4n) is 1.01. The maximum Gasteiger partial charge on any atom is 0.488 e. The Bertz CT molecular complexity index is 319. The molecule has 0 spiro atoms. The van der Waals surface area contributed by atoms with Gasteiger partial charge >= 0.3 is 7.12 Å². The lowest BCUT2D eigenvalue weighted by atomic mass is 9.80. The summed E-state index contributed by atoms with van der Waals surface area (Å²) in [6, 6.07) is 6.86. The molecule has 0 saturated carbocycles. The van der Waals surface area contributed by atoms with Crippen molar-refractivity contribution in [2.24, 2.45) is 4.99 Å². The molecule has 0 amide bonds. The van der Waals surface area contributed by atoms with Gasteiger partial charge in [-0.1, -0.05) is 12.1 Å². The smallest absolute Gasteiger partial charge is 0.423 e. The van der Waals surface area contributed by atoms with E-state index in [-0.39, 0.29) is 0 Å². The van der Waals surface area contributed by atoms with Crippen molar-refractivity contribution in [2.45, 2.75) is 13.8 Å². The Kier molecular flexibility index (Phi) is 3.22. The lowest BCUT2D eigenvalue weighted by Crippen LogP contribution is -2.29. The first-order valence-electron chi connectivity index (χ1n) is 4.07. The molecular weight excluding hydrogens is 165 g/mol. The quantitative estimate of drug-likeness (QED) is 0.509. The van der Waals surface area contributed by atoms with Crippen molar-refractivity contribution in [2.75, 3.05) is 0 Å². The van der Waals surface area contributed by atoms with Gasteiger partial charge in [0.1, 0.15) is 0 Å². The van der Waals surface area contributed by atoms with Gasteiger partial charge < -0.3 is 10.0 Å². The van der Waals surface area contributed by atoms with Crippen molar-refractivity contribution in [3.63, 3.8) is 0 Å². The highest BCUT2D eigenvalue weighted by Gasteiger charge is 2.09. The van der Waals surface area contributed by atoms with Crippen molar-refractivity contribution in [1.29, 1.82) is 0 Å². The lowest BCUT2D eigenvalue weighted by Gasteiger charge is -2.00. The standard InChI is InChI=1S/C9H12BNO2/c1-7(2)11-9-5-3-4-8(6-9)10(12)13/h3-6,12-13H,1-2H3. The lowest BCUT2D eigenvalue weighted by molar-refractivity contribution is 0.426. The zero-order valence-corrected chi connectivity index (χ0v) is 7.73. The maximum atomic E-state index is 8.89. The predicted octanol–water partition coefficient (Wildman–Crippen LogP) is 0.479. The molecule has 1 aromatic rings. The summed E-state index contributed by atoms with van der Waals surface area (Å²) in [4.78, 5) is 4.20. The summed E-state index contributed by atoms with van der Waals surface area (Å²) in [5.41, 5.74) is 2.14. The Morgan fingerprint density at radius 2 is 2.00 bits per heavy atom. The van der Waals surface area contributed by atoms with Gasteiger partial charge in [-0.05, 0) is 31.4 Å². The highest BCUT2D eigenvalue weighted by atomic mass is 16.4. The fourth-order valence-corrected chi connectivity index (χ4v) is 1.01. The molecule has 2 N–H and O–H groups in total. The van der Waals surface area contributed by atoms with Crippen molar-refractivity contribution < 1.29 is 10.0 Å². The summed E-state index contributed by atoms with van der Waals surface area (Å²) in [6.45, 7) is 3.78. The molecule has 0 fully saturated rings. The average Bonchev–Trinajstić information content (AvgIpc) is 2.03. The van der Waals surface area contributed by atoms with Gasteiger partial charge in [-0.2, -0.15) is 0 Å². The Morgan fingerprint density at radius 3 is 2.54 bits per heavy atom. The van der Waals surface area contributed by atoms with E-state index in [4.69, 9.17) is 10.0 Å². The van der Waals surface area contributed by atoms with Crippen molar-refractivity contribution in [1.82, 2.24) is 0 Å². The third-order valence-electron chi connectivity index (χ3n) is 1.52. The predicted molar refractivity (Wildman–Crippen MR) is 54.7 cm³/mol. The molecule has 0 saturated heterocycles. The van der Waals surface area contributed by atoms with Gasteiger partial charge in [0.15, 0.2) is 0 Å². The van der Waals surface area contributed by atoms with Gasteiger partial charge in [-0.25, -0.2) is 0 Å². The summed E-state index contributed by atoms with van der Waals surface area (Å²) in [6.07, 6.45) is 0. The first-order valence-corrected chi connectivity index (χ1v) is 4.07. The molecule has 13 heavy (non-hydrogen) atoms. The maximum absolute atomic E-state index is 8.89. The van der Waals surface area contributed by atoms with E-state index >= 15 is 0 Å². The molecule has 0 aliphatic rings. The van der Waals surface area contributed by atoms with Crippen LogP contribution in [0.15, 0.2) is 29.3 Å².